The summed E-state index contributed by atoms with van der Waals surface area (Å²) in [5, 5.41) is 10.9. The Labute approximate surface area is 252 Å². The van der Waals surface area contributed by atoms with Crippen molar-refractivity contribution < 1.29 is 25.8 Å². The van der Waals surface area contributed by atoms with Gasteiger partial charge in [0.1, 0.15) is 11.6 Å². The van der Waals surface area contributed by atoms with Gasteiger partial charge in [0.25, 0.3) is 0 Å². The van der Waals surface area contributed by atoms with Crippen LogP contribution in [0.15, 0.2) is 83.3 Å². The molecule has 39 heavy (non-hydrogen) atoms. The number of hydrogen-bond acceptors (Lipinski definition) is 1. The number of halogens is 4. The molecule has 0 N–H and O–H groups in total. The predicted molar refractivity (Wildman–Crippen MR) is 161 cm³/mol. The van der Waals surface area contributed by atoms with Crippen LogP contribution in [0, 0.1) is 30.9 Å². The zero-order valence-electron chi connectivity index (χ0n) is 22.5. The molecule has 0 radical (unpaired) electrons. The maximum atomic E-state index is 13.7. The van der Waals surface area contributed by atoms with Gasteiger partial charge < -0.3 is 17.7 Å². The minimum atomic E-state index is -0.686. The average Bonchev–Trinajstić information content (AvgIpc) is 3.50. The van der Waals surface area contributed by atoms with Crippen molar-refractivity contribution in [3.05, 3.63) is 124 Å². The summed E-state index contributed by atoms with van der Waals surface area (Å²) in [5.41, 5.74) is 4.44. The second-order valence-electron chi connectivity index (χ2n) is 9.79. The van der Waals surface area contributed by atoms with Crippen LogP contribution < -0.4 is 4.90 Å². The van der Waals surface area contributed by atoms with Crippen molar-refractivity contribution in [3.63, 3.8) is 0 Å². The third kappa shape index (κ3) is 6.82. The summed E-state index contributed by atoms with van der Waals surface area (Å²) >= 11 is 1.57. The van der Waals surface area contributed by atoms with Crippen LogP contribution >= 0.6 is 30.4 Å². The van der Waals surface area contributed by atoms with Crippen molar-refractivity contribution >= 4 is 41.9 Å². The molecule has 4 atom stereocenters. The fourth-order valence-corrected chi connectivity index (χ4v) is 7.58. The first-order valence-electron chi connectivity index (χ1n) is 12.5. The first-order valence-corrected chi connectivity index (χ1v) is 17.7. The molecule has 2 aliphatic heterocycles. The third-order valence-corrected chi connectivity index (χ3v) is 9.22. The minimum absolute atomic E-state index is 0. The Morgan fingerprint density at radius 2 is 1.51 bits per heavy atom. The molecule has 6 rings (SSSR count). The number of allylic oxidation sites excluding steroid dienone is 2. The van der Waals surface area contributed by atoms with Gasteiger partial charge in [-0.25, -0.2) is 8.78 Å². The Balaban J connectivity index is 0.000000192. The van der Waals surface area contributed by atoms with E-state index in [0.29, 0.717) is 5.56 Å². The van der Waals surface area contributed by atoms with Gasteiger partial charge in [-0.2, -0.15) is 0 Å². The van der Waals surface area contributed by atoms with E-state index in [1.807, 2.05) is 12.1 Å². The molecule has 0 amide bonds. The number of amidine groups is 1. The van der Waals surface area contributed by atoms with Crippen molar-refractivity contribution in [3.8, 4) is 0 Å². The summed E-state index contributed by atoms with van der Waals surface area (Å²) in [5.74, 6) is 0.917. The zero-order valence-corrected chi connectivity index (χ0v) is 26.4. The van der Waals surface area contributed by atoms with Crippen LogP contribution in [0.1, 0.15) is 49.8 Å². The summed E-state index contributed by atoms with van der Waals surface area (Å²) in [6, 6.07) is 21.9. The average molecular weight is 621 g/mol. The number of nitrogens with zero attached hydrogens (tertiary/aromatic N) is 2. The Kier molecular flexibility index (Phi) is 11.7. The molecule has 4 unspecified atom stereocenters. The maximum Gasteiger partial charge on any atom is 0.129 e. The molecule has 206 valence electrons. The SMILES string of the molecule is CC1=C(C)C2CC(C)C(c3ccccc3)C2S1.[CH3-].[Cl][Ti][Cl].[N-]=C1c2ccccc2CN1c1c(F)cccc1F. The summed E-state index contributed by atoms with van der Waals surface area (Å²) in [6.07, 6.45) is 1.38. The van der Waals surface area contributed by atoms with Gasteiger partial charge in [0.15, 0.2) is 0 Å². The molecule has 0 saturated heterocycles. The molecule has 8 heteroatoms. The molecule has 0 spiro atoms. The van der Waals surface area contributed by atoms with E-state index in [9.17, 15) is 14.2 Å². The van der Waals surface area contributed by atoms with Crippen LogP contribution in [-0.4, -0.2) is 11.1 Å². The van der Waals surface area contributed by atoms with Gasteiger partial charge in [0, 0.05) is 10.9 Å². The van der Waals surface area contributed by atoms with Crippen molar-refractivity contribution in [1.82, 2.24) is 0 Å². The molecule has 2 nitrogen and oxygen atoms in total. The second-order valence-corrected chi connectivity index (χ2v) is 13.8. The largest absolute Gasteiger partial charge is 0.464 e. The standard InChI is InChI=1S/C16H20S.C14H9F2N2.CH3.2ClH.Ti/c1-10-9-14-11(2)12(3)17-16(14)15(10)13-7-5-4-6-8-13;15-11-6-3-7-12(16)13(11)18-8-9-4-1-2-5-10(9)14(18)17;;;;/h4-8,10,14-16H,9H2,1-3H3;1-7H,8H2;1H3;2*1H;/q;2*-1;;;+2/p-2. The molecule has 0 aromatic heterocycles. The third-order valence-electron chi connectivity index (χ3n) is 7.65. The normalized spacial score (nSPS) is 22.6. The maximum absolute atomic E-state index is 13.7. The summed E-state index contributed by atoms with van der Waals surface area (Å²) in [7, 11) is 9.78. The number of para-hydroxylation sites is 1. The van der Waals surface area contributed by atoms with Crippen molar-refractivity contribution in [1.29, 1.82) is 0 Å². The van der Waals surface area contributed by atoms with E-state index in [4.69, 9.17) is 18.6 Å². The summed E-state index contributed by atoms with van der Waals surface area (Å²) in [4.78, 5) is 2.82. The van der Waals surface area contributed by atoms with Gasteiger partial charge >= 0.3 is 35.6 Å². The molecule has 2 heterocycles. The van der Waals surface area contributed by atoms with Gasteiger partial charge in [-0.05, 0) is 78.3 Å². The van der Waals surface area contributed by atoms with Crippen molar-refractivity contribution in [2.45, 2.75) is 44.9 Å². The number of fused-ring (bicyclic) bond motifs is 2. The molecule has 3 aromatic carbocycles. The van der Waals surface area contributed by atoms with E-state index in [1.165, 1.54) is 29.5 Å². The molecule has 0 bridgehead atoms. The number of benzene rings is 3. The van der Waals surface area contributed by atoms with Gasteiger partial charge in [-0.15, -0.1) is 11.8 Å². The fourth-order valence-electron chi connectivity index (χ4n) is 5.78. The van der Waals surface area contributed by atoms with Crippen LogP contribution in [0.3, 0.4) is 0 Å². The van der Waals surface area contributed by atoms with Crippen LogP contribution in [0.5, 0.6) is 0 Å². The van der Waals surface area contributed by atoms with Crippen LogP contribution in [0.4, 0.5) is 14.5 Å². The van der Waals surface area contributed by atoms with Crippen LogP contribution in [0.2, 0.25) is 0 Å². The van der Waals surface area contributed by atoms with Gasteiger partial charge in [0.2, 0.25) is 0 Å². The minimum Gasteiger partial charge on any atom is -0.464 e. The molecular formula is C31H32Cl2F2N2STi-2. The van der Waals surface area contributed by atoms with Gasteiger partial charge in [-0.1, -0.05) is 79.0 Å². The first-order chi connectivity index (χ1) is 18.3. The summed E-state index contributed by atoms with van der Waals surface area (Å²) < 4.78 is 27.4. The topological polar surface area (TPSA) is 25.5 Å². The van der Waals surface area contributed by atoms with Crippen molar-refractivity contribution in [2.24, 2.45) is 11.8 Å². The first kappa shape index (κ1) is 31.9. The van der Waals surface area contributed by atoms with E-state index >= 15 is 0 Å². The Morgan fingerprint density at radius 3 is 2.13 bits per heavy atom. The molecule has 1 aliphatic carbocycles. The molecule has 1 saturated carbocycles. The number of thioether (sulfide) groups is 1. The quantitative estimate of drug-likeness (QED) is 0.210. The summed E-state index contributed by atoms with van der Waals surface area (Å²) in [6.45, 7) is 7.33. The molecule has 3 aliphatic rings. The zero-order chi connectivity index (χ0) is 27.4. The molecule has 1 fully saturated rings. The van der Waals surface area contributed by atoms with E-state index in [0.717, 1.165) is 28.6 Å². The number of hydrogen-bond donors (Lipinski definition) is 0. The van der Waals surface area contributed by atoms with Crippen LogP contribution in [-0.2, 0) is 23.6 Å². The Morgan fingerprint density at radius 1 is 0.923 bits per heavy atom. The second kappa shape index (κ2) is 14.3. The van der Waals surface area contributed by atoms with Crippen LogP contribution in [0.25, 0.3) is 5.41 Å². The fraction of sp³-hybridized carbons (Fsp3) is 0.290. The van der Waals surface area contributed by atoms with E-state index < -0.39 is 28.7 Å². The Hall–Kier alpha value is -1.63. The van der Waals surface area contributed by atoms with E-state index in [-0.39, 0.29) is 25.5 Å². The Bertz CT molecular complexity index is 1300. The van der Waals surface area contributed by atoms with Crippen molar-refractivity contribution in [2.75, 3.05) is 4.90 Å². The smallest absolute Gasteiger partial charge is 0.129 e. The molecule has 3 aromatic rings. The predicted octanol–water partition coefficient (Wildman–Crippen LogP) is 9.96. The monoisotopic (exact) mass is 620 g/mol. The van der Waals surface area contributed by atoms with E-state index in [1.54, 1.807) is 28.2 Å². The number of anilines is 1. The van der Waals surface area contributed by atoms with E-state index in [2.05, 4.69) is 62.9 Å². The van der Waals surface area contributed by atoms with Gasteiger partial charge in [0.05, 0.1) is 0 Å². The number of rotatable bonds is 2. The molecular weight excluding hydrogens is 589 g/mol. The van der Waals surface area contributed by atoms with Gasteiger partial charge in [-0.3, -0.25) is 0 Å².